The van der Waals surface area contributed by atoms with E-state index in [4.69, 9.17) is 57.5 Å². The molecule has 0 fully saturated rings. The van der Waals surface area contributed by atoms with Crippen molar-refractivity contribution in [3.8, 4) is 0 Å². The van der Waals surface area contributed by atoms with Gasteiger partial charge in [0.25, 0.3) is 0 Å². The fourth-order valence-electron chi connectivity index (χ4n) is 0. The first-order chi connectivity index (χ1) is 2.45. The van der Waals surface area contributed by atoms with Crippen LogP contribution in [0.25, 0.3) is 0 Å². The molecule has 0 atom stereocenters. The molecule has 53 valence electrons. The Kier molecular flexibility index (Phi) is 2.03. The van der Waals surface area contributed by atoms with Gasteiger partial charge in [-0.15, -0.1) is 0 Å². The summed E-state index contributed by atoms with van der Waals surface area (Å²) < 4.78 is 0. The molecule has 0 aromatic heterocycles. The molecule has 0 rings (SSSR count). The molecule has 0 saturated heterocycles. The first kappa shape index (κ1) is 9.39. The van der Waals surface area contributed by atoms with Crippen molar-refractivity contribution in [2.45, 2.75) is 0 Å². The summed E-state index contributed by atoms with van der Waals surface area (Å²) in [4.78, 5) is 0. The van der Waals surface area contributed by atoms with Gasteiger partial charge < -0.3 is 0 Å². The Morgan fingerprint density at radius 1 is 0.714 bits per heavy atom. The zero-order valence-corrected chi connectivity index (χ0v) is 9.53. The van der Waals surface area contributed by atoms with Gasteiger partial charge in [-0.25, -0.2) is 0 Å². The van der Waals surface area contributed by atoms with Crippen LogP contribution in [0.2, 0.25) is 0 Å². The van der Waals surface area contributed by atoms with Crippen molar-refractivity contribution in [2.75, 3.05) is 0 Å². The molecule has 0 heterocycles. The summed E-state index contributed by atoms with van der Waals surface area (Å²) in [7, 11) is 30.3. The van der Waals surface area contributed by atoms with Gasteiger partial charge in [-0.1, -0.05) is 0 Å². The van der Waals surface area contributed by atoms with Crippen LogP contribution >= 0.6 is 57.5 Å². The van der Waals surface area contributed by atoms with Crippen molar-refractivity contribution in [1.82, 2.24) is 0 Å². The van der Waals surface area contributed by atoms with Gasteiger partial charge in [-0.2, -0.15) is 0 Å². The summed E-state index contributed by atoms with van der Waals surface area (Å²) in [5.74, 6) is 0. The molecule has 0 radical (unpaired) electrons. The van der Waals surface area contributed by atoms with Crippen molar-refractivity contribution in [1.29, 1.82) is 0 Å². The van der Waals surface area contributed by atoms with Crippen LogP contribution in [-0.2, 0) is 6.81 Å². The molecular weight excluding hydrogens is 405 g/mol. The number of halogens is 6. The van der Waals surface area contributed by atoms with Crippen LogP contribution in [0.1, 0.15) is 2.85 Å². The van der Waals surface area contributed by atoms with Gasteiger partial charge in [0.2, 0.25) is 0 Å². The van der Waals surface area contributed by atoms with Crippen molar-refractivity contribution in [3.05, 3.63) is 0 Å². The molecule has 0 aliphatic heterocycles. The fourth-order valence-corrected chi connectivity index (χ4v) is 0. The Hall–Kier alpha value is 2.39. The summed E-state index contributed by atoms with van der Waals surface area (Å²) in [5.41, 5.74) is 0. The van der Waals surface area contributed by atoms with E-state index in [1.54, 1.807) is 0 Å². The molecule has 0 unspecified atom stereocenters. The number of hydrogen-bond donors (Lipinski definition) is 0. The third-order valence-corrected chi connectivity index (χ3v) is 0. The van der Waals surface area contributed by atoms with Crippen molar-refractivity contribution in [3.63, 3.8) is 0 Å². The minimum absolute atomic E-state index is 0. The normalized spacial score (nSPS) is 23.1. The molecule has 0 N–H and O–H groups in total. The quantitative estimate of drug-likeness (QED) is 0.560. The average Bonchev–Trinajstić information content (AvgIpc) is 0.592. The van der Waals surface area contributed by atoms with E-state index in [-0.39, 0.29) is 2.85 Å². The first-order valence-corrected chi connectivity index (χ1v) is 18.6. The fraction of sp³-hybridized carbons (Fsp3) is 0. The number of rotatable bonds is 0. The zero-order chi connectivity index (χ0) is 6.41. The second-order valence-electron chi connectivity index (χ2n) is 0.714. The molecule has 0 spiro atoms. The summed E-state index contributed by atoms with van der Waals surface area (Å²) in [5, 5.41) is 0. The van der Waals surface area contributed by atoms with Gasteiger partial charge in [0.1, 0.15) is 0 Å². The first-order valence-electron chi connectivity index (χ1n) is 0.756. The third-order valence-electron chi connectivity index (χ3n) is 0. The van der Waals surface area contributed by atoms with Crippen molar-refractivity contribution < 1.29 is 9.66 Å². The van der Waals surface area contributed by atoms with Crippen LogP contribution in [0.4, 0.5) is 0 Å². The molecule has 0 amide bonds. The SMILES string of the molecule is [Cl][Ir-2]([Cl])([Cl])([Cl])([Cl])[Cl].[H+].[H+]. The second kappa shape index (κ2) is 1.51. The van der Waals surface area contributed by atoms with Crippen LogP contribution in [0, 0.1) is 0 Å². The van der Waals surface area contributed by atoms with Gasteiger partial charge in [-0.05, 0) is 0 Å². The molecule has 0 nitrogen and oxygen atoms in total. The molecule has 0 saturated carbocycles. The van der Waals surface area contributed by atoms with E-state index in [0.717, 1.165) is 0 Å². The molecule has 0 aliphatic rings. The Bertz CT molecular complexity index is 69.6. The smallest absolute Gasteiger partial charge is 1.00 e. The summed E-state index contributed by atoms with van der Waals surface area (Å²) in [6.07, 6.45) is 0. The van der Waals surface area contributed by atoms with E-state index in [1.807, 2.05) is 0 Å². The molecular formula is H2Cl6Ir. The summed E-state index contributed by atoms with van der Waals surface area (Å²) in [6.45, 7) is -5.33. The Morgan fingerprint density at radius 3 is 0.714 bits per heavy atom. The zero-order valence-electron chi connectivity index (χ0n) is 4.60. The van der Waals surface area contributed by atoms with Gasteiger partial charge in [0.15, 0.2) is 0 Å². The van der Waals surface area contributed by atoms with E-state index in [1.165, 1.54) is 0 Å². The van der Waals surface area contributed by atoms with Crippen LogP contribution in [-0.4, -0.2) is 0 Å². The van der Waals surface area contributed by atoms with Gasteiger partial charge in [0.05, 0.1) is 0 Å². The number of hydrogen-bond acceptors (Lipinski definition) is 0. The van der Waals surface area contributed by atoms with Crippen LogP contribution in [0.3, 0.4) is 0 Å². The Labute approximate surface area is 66.5 Å². The minimum atomic E-state index is -5.33. The van der Waals surface area contributed by atoms with Crippen molar-refractivity contribution in [2.24, 2.45) is 0 Å². The summed E-state index contributed by atoms with van der Waals surface area (Å²) >= 11 is 0. The predicted octanol–water partition coefficient (Wildman–Crippen LogP) is 4.36. The van der Waals surface area contributed by atoms with E-state index >= 15 is 0 Å². The van der Waals surface area contributed by atoms with E-state index in [2.05, 4.69) is 0 Å². The van der Waals surface area contributed by atoms with Crippen LogP contribution < -0.4 is 0 Å². The van der Waals surface area contributed by atoms with Crippen LogP contribution in [0.15, 0.2) is 0 Å². The van der Waals surface area contributed by atoms with Gasteiger partial charge in [-0.3, -0.25) is 0 Å². The monoisotopic (exact) mass is 405 g/mol. The largest absolute Gasteiger partial charge is 1.00 e. The predicted molar refractivity (Wildman–Crippen MR) is 37.3 cm³/mol. The molecule has 0 aromatic rings. The second-order valence-corrected chi connectivity index (χ2v) is 52.6. The van der Waals surface area contributed by atoms with Crippen LogP contribution in [0.5, 0.6) is 0 Å². The standard InChI is InChI=1S/6ClH.Ir/h6*1H;/q;;;;;;+4/p-4. The summed E-state index contributed by atoms with van der Waals surface area (Å²) in [6, 6.07) is 0. The Balaban J connectivity index is -0.000000180. The molecule has 7 heteroatoms. The maximum Gasteiger partial charge on any atom is 1.00 e. The van der Waals surface area contributed by atoms with E-state index in [0.29, 0.717) is 0 Å². The minimum Gasteiger partial charge on any atom is 1.00 e. The molecule has 0 aliphatic carbocycles. The molecule has 0 bridgehead atoms. The van der Waals surface area contributed by atoms with E-state index in [9.17, 15) is 0 Å². The van der Waals surface area contributed by atoms with Crippen molar-refractivity contribution >= 4 is 57.5 Å². The Morgan fingerprint density at radius 2 is 0.714 bits per heavy atom. The van der Waals surface area contributed by atoms with Gasteiger partial charge in [0, 0.05) is 0 Å². The average molecular weight is 407 g/mol. The topological polar surface area (TPSA) is 0 Å². The maximum atomic E-state index is 5.06. The maximum absolute atomic E-state index is 5.33. The van der Waals surface area contributed by atoms with Gasteiger partial charge >= 0.3 is 67.2 Å². The molecule has 0 aromatic carbocycles. The van der Waals surface area contributed by atoms with E-state index < -0.39 is 6.81 Å². The molecule has 7 heavy (non-hydrogen) atoms. The third kappa shape index (κ3) is 60.0.